The van der Waals surface area contributed by atoms with E-state index in [0.29, 0.717) is 19.0 Å². The molecular formula is C19H27N3O2. The van der Waals surface area contributed by atoms with Gasteiger partial charge in [-0.05, 0) is 36.8 Å². The van der Waals surface area contributed by atoms with Gasteiger partial charge in [-0.2, -0.15) is 0 Å². The number of aryl methyl sites for hydroxylation is 1. The molecule has 0 radical (unpaired) electrons. The maximum absolute atomic E-state index is 12.3. The first-order valence-corrected chi connectivity index (χ1v) is 9.03. The Morgan fingerprint density at radius 2 is 1.92 bits per heavy atom. The van der Waals surface area contributed by atoms with Gasteiger partial charge in [-0.3, -0.25) is 4.79 Å². The zero-order valence-corrected chi connectivity index (χ0v) is 14.4. The van der Waals surface area contributed by atoms with Crippen LogP contribution in [0.5, 0.6) is 0 Å². The standard InChI is InChI=1S/C19H27N3O2/c1-22(17-11-10-14-6-2-5-9-16(14)17)19(24)20-13-12-18(23)21-15-7-3-4-8-15/h2,5-6,9,15,17H,3-4,7-8,10-13H2,1H3,(H,20,24)(H,21,23). The van der Waals surface area contributed by atoms with Gasteiger partial charge in [0.2, 0.25) is 5.91 Å². The number of carbonyl (C=O) groups excluding carboxylic acids is 2. The molecule has 0 spiro atoms. The van der Waals surface area contributed by atoms with Crippen molar-refractivity contribution in [1.82, 2.24) is 15.5 Å². The number of hydrogen-bond acceptors (Lipinski definition) is 2. The summed E-state index contributed by atoms with van der Waals surface area (Å²) in [5.41, 5.74) is 2.58. The molecule has 2 N–H and O–H groups in total. The molecule has 0 aromatic heterocycles. The molecule has 5 heteroatoms. The van der Waals surface area contributed by atoms with Crippen LogP contribution in [0.1, 0.15) is 55.7 Å². The van der Waals surface area contributed by atoms with Crippen molar-refractivity contribution in [2.45, 2.75) is 57.0 Å². The molecule has 2 aliphatic carbocycles. The van der Waals surface area contributed by atoms with E-state index < -0.39 is 0 Å². The maximum Gasteiger partial charge on any atom is 0.317 e. The highest BCUT2D eigenvalue weighted by atomic mass is 16.2. The van der Waals surface area contributed by atoms with E-state index in [1.165, 1.54) is 24.0 Å². The van der Waals surface area contributed by atoms with Crippen LogP contribution < -0.4 is 10.6 Å². The molecule has 1 saturated carbocycles. The van der Waals surface area contributed by atoms with Crippen molar-refractivity contribution in [2.75, 3.05) is 13.6 Å². The summed E-state index contributed by atoms with van der Waals surface area (Å²) in [5.74, 6) is 0.0380. The van der Waals surface area contributed by atoms with Crippen LogP contribution in [0.4, 0.5) is 4.79 Å². The fourth-order valence-electron chi connectivity index (χ4n) is 3.86. The van der Waals surface area contributed by atoms with Gasteiger partial charge in [0.1, 0.15) is 0 Å². The fraction of sp³-hybridized carbons (Fsp3) is 0.579. The number of carbonyl (C=O) groups is 2. The Morgan fingerprint density at radius 3 is 2.71 bits per heavy atom. The lowest BCUT2D eigenvalue weighted by atomic mass is 10.1. The zero-order chi connectivity index (χ0) is 16.9. The first kappa shape index (κ1) is 16.8. The van der Waals surface area contributed by atoms with Gasteiger partial charge in [0.25, 0.3) is 0 Å². The minimum Gasteiger partial charge on any atom is -0.353 e. The van der Waals surface area contributed by atoms with Gasteiger partial charge in [0.05, 0.1) is 6.04 Å². The molecule has 0 heterocycles. The highest BCUT2D eigenvalue weighted by Crippen LogP contribution is 2.34. The molecular weight excluding hydrogens is 302 g/mol. The topological polar surface area (TPSA) is 61.4 Å². The van der Waals surface area contributed by atoms with Crippen molar-refractivity contribution in [1.29, 1.82) is 0 Å². The summed E-state index contributed by atoms with van der Waals surface area (Å²) in [6, 6.07) is 8.67. The van der Waals surface area contributed by atoms with E-state index >= 15 is 0 Å². The molecule has 3 amide bonds. The Labute approximate surface area is 143 Å². The largest absolute Gasteiger partial charge is 0.353 e. The van der Waals surface area contributed by atoms with Gasteiger partial charge in [-0.15, -0.1) is 0 Å². The van der Waals surface area contributed by atoms with Crippen LogP contribution in [0.15, 0.2) is 24.3 Å². The monoisotopic (exact) mass is 329 g/mol. The molecule has 0 aliphatic heterocycles. The maximum atomic E-state index is 12.3. The molecule has 1 fully saturated rings. The van der Waals surface area contributed by atoms with Crippen LogP contribution >= 0.6 is 0 Å². The van der Waals surface area contributed by atoms with E-state index in [-0.39, 0.29) is 18.0 Å². The van der Waals surface area contributed by atoms with Crippen LogP contribution in [-0.2, 0) is 11.2 Å². The Balaban J connectivity index is 1.43. The van der Waals surface area contributed by atoms with Gasteiger partial charge < -0.3 is 15.5 Å². The number of nitrogens with one attached hydrogen (secondary N) is 2. The number of hydrogen-bond donors (Lipinski definition) is 2. The minimum atomic E-state index is -0.106. The molecule has 1 aromatic rings. The van der Waals surface area contributed by atoms with E-state index in [4.69, 9.17) is 0 Å². The van der Waals surface area contributed by atoms with Crippen LogP contribution in [-0.4, -0.2) is 36.5 Å². The molecule has 3 rings (SSSR count). The summed E-state index contributed by atoms with van der Waals surface area (Å²) in [6.45, 7) is 0.385. The lowest BCUT2D eigenvalue weighted by Gasteiger charge is -2.25. The second-order valence-electron chi connectivity index (χ2n) is 6.90. The first-order valence-electron chi connectivity index (χ1n) is 9.03. The summed E-state index contributed by atoms with van der Waals surface area (Å²) < 4.78 is 0. The Bertz CT molecular complexity index is 596. The predicted molar refractivity (Wildman–Crippen MR) is 93.7 cm³/mol. The summed E-state index contributed by atoms with van der Waals surface area (Å²) in [4.78, 5) is 26.0. The van der Waals surface area contributed by atoms with Crippen molar-refractivity contribution in [3.05, 3.63) is 35.4 Å². The number of rotatable bonds is 5. The van der Waals surface area contributed by atoms with E-state index in [0.717, 1.165) is 25.7 Å². The molecule has 1 unspecified atom stereocenters. The predicted octanol–water partition coefficient (Wildman–Crippen LogP) is 2.76. The van der Waals surface area contributed by atoms with Crippen LogP contribution in [0.2, 0.25) is 0 Å². The quantitative estimate of drug-likeness (QED) is 0.872. The first-order chi connectivity index (χ1) is 11.6. The third-order valence-corrected chi connectivity index (χ3v) is 5.24. The zero-order valence-electron chi connectivity index (χ0n) is 14.4. The molecule has 0 bridgehead atoms. The third-order valence-electron chi connectivity index (χ3n) is 5.24. The highest BCUT2D eigenvalue weighted by Gasteiger charge is 2.28. The lowest BCUT2D eigenvalue weighted by molar-refractivity contribution is -0.121. The SMILES string of the molecule is CN(C(=O)NCCC(=O)NC1CCCC1)C1CCc2ccccc21. The van der Waals surface area contributed by atoms with Gasteiger partial charge >= 0.3 is 6.03 Å². The van der Waals surface area contributed by atoms with Gasteiger partial charge in [-0.1, -0.05) is 37.1 Å². The molecule has 1 atom stereocenters. The summed E-state index contributed by atoms with van der Waals surface area (Å²) >= 11 is 0. The normalized spacial score (nSPS) is 19.8. The third kappa shape index (κ3) is 3.89. The second kappa shape index (κ2) is 7.69. The molecule has 24 heavy (non-hydrogen) atoms. The van der Waals surface area contributed by atoms with E-state index in [1.54, 1.807) is 4.90 Å². The summed E-state index contributed by atoms with van der Waals surface area (Å²) in [7, 11) is 1.83. The Morgan fingerprint density at radius 1 is 1.17 bits per heavy atom. The van der Waals surface area contributed by atoms with Gasteiger partial charge in [-0.25, -0.2) is 4.79 Å². The smallest absolute Gasteiger partial charge is 0.317 e. The Hall–Kier alpha value is -2.04. The highest BCUT2D eigenvalue weighted by molar-refractivity contribution is 5.78. The van der Waals surface area contributed by atoms with Crippen molar-refractivity contribution >= 4 is 11.9 Å². The molecule has 5 nitrogen and oxygen atoms in total. The number of benzene rings is 1. The Kier molecular flexibility index (Phi) is 5.38. The molecule has 130 valence electrons. The lowest BCUT2D eigenvalue weighted by Crippen LogP contribution is -2.41. The van der Waals surface area contributed by atoms with Gasteiger partial charge in [0.15, 0.2) is 0 Å². The van der Waals surface area contributed by atoms with E-state index in [1.807, 2.05) is 19.2 Å². The van der Waals surface area contributed by atoms with E-state index in [2.05, 4.69) is 22.8 Å². The average Bonchev–Trinajstić information content (AvgIpc) is 3.23. The second-order valence-corrected chi connectivity index (χ2v) is 6.90. The van der Waals surface area contributed by atoms with Crippen molar-refractivity contribution in [2.24, 2.45) is 0 Å². The van der Waals surface area contributed by atoms with Crippen molar-refractivity contribution in [3.63, 3.8) is 0 Å². The number of urea groups is 1. The van der Waals surface area contributed by atoms with Crippen molar-refractivity contribution in [3.8, 4) is 0 Å². The fourth-order valence-corrected chi connectivity index (χ4v) is 3.86. The van der Waals surface area contributed by atoms with Gasteiger partial charge in [0, 0.05) is 26.1 Å². The molecule has 0 saturated heterocycles. The molecule has 1 aromatic carbocycles. The van der Waals surface area contributed by atoms with Crippen LogP contribution in [0.3, 0.4) is 0 Å². The number of fused-ring (bicyclic) bond motifs is 1. The number of amides is 3. The van der Waals surface area contributed by atoms with Crippen molar-refractivity contribution < 1.29 is 9.59 Å². The minimum absolute atomic E-state index is 0.0380. The van der Waals surface area contributed by atoms with Crippen LogP contribution in [0.25, 0.3) is 0 Å². The summed E-state index contributed by atoms with van der Waals surface area (Å²) in [5, 5.41) is 5.92. The van der Waals surface area contributed by atoms with E-state index in [9.17, 15) is 9.59 Å². The van der Waals surface area contributed by atoms with Crippen LogP contribution in [0, 0.1) is 0 Å². The summed E-state index contributed by atoms with van der Waals surface area (Å²) in [6.07, 6.45) is 6.90. The average molecular weight is 329 g/mol. The number of nitrogens with zero attached hydrogens (tertiary/aromatic N) is 1. The molecule has 2 aliphatic rings.